The maximum atomic E-state index is 13.6. The minimum atomic E-state index is -0.564. The molecule has 0 unspecified atom stereocenters. The molecule has 0 radical (unpaired) electrons. The number of nitrogens with zero attached hydrogens (tertiary/aromatic N) is 2. The third-order valence-corrected chi connectivity index (χ3v) is 21.6. The van der Waals surface area contributed by atoms with Crippen LogP contribution in [0.25, 0.3) is 0 Å². The van der Waals surface area contributed by atoms with E-state index in [2.05, 4.69) is 145 Å². The van der Waals surface area contributed by atoms with Crippen LogP contribution in [-0.4, -0.2) is 123 Å². The molecular weight excluding hydrogens is 1420 g/mol. The van der Waals surface area contributed by atoms with E-state index >= 15 is 0 Å². The molecular formula is C100H176N4O10. The van der Waals surface area contributed by atoms with E-state index in [9.17, 15) is 28.8 Å². The predicted molar refractivity (Wildman–Crippen MR) is 483 cm³/mol. The van der Waals surface area contributed by atoms with Crippen molar-refractivity contribution in [1.82, 2.24) is 20.4 Å². The molecule has 0 aromatic rings. The van der Waals surface area contributed by atoms with Gasteiger partial charge in [-0.05, 0) is 283 Å². The zero-order chi connectivity index (χ0) is 82.2. The molecule has 0 spiro atoms. The molecule has 0 aromatic carbocycles. The van der Waals surface area contributed by atoms with E-state index in [-0.39, 0.29) is 35.7 Å². The van der Waals surface area contributed by atoms with Gasteiger partial charge in [-0.3, -0.25) is 28.8 Å². The van der Waals surface area contributed by atoms with E-state index in [0.29, 0.717) is 65.0 Å². The molecule has 114 heavy (non-hydrogen) atoms. The molecule has 656 valence electrons. The molecule has 1 saturated heterocycles. The zero-order valence-electron chi connectivity index (χ0n) is 74.3. The Bertz CT molecular complexity index is 2160. The first-order chi connectivity index (χ1) is 56.1. The van der Waals surface area contributed by atoms with Crippen molar-refractivity contribution < 1.29 is 47.7 Å². The van der Waals surface area contributed by atoms with Crippen LogP contribution in [0, 0.1) is 0 Å². The first-order valence-corrected chi connectivity index (χ1v) is 48.0. The summed E-state index contributed by atoms with van der Waals surface area (Å²) in [6.45, 7) is 15.8. The molecule has 1 aliphatic heterocycles. The summed E-state index contributed by atoms with van der Waals surface area (Å²) in [6.07, 6.45) is 100. The summed E-state index contributed by atoms with van der Waals surface area (Å²) in [6, 6.07) is -1.13. The second kappa shape index (κ2) is 87.0. The SMILES string of the molecule is CCCCC/C=C\C/C=C\CCCCCCCC(=O)OCCCCN(CCCCOC(=O)CCCCCCC/C=C\C/C=C\CCCCC)CCCC[C@@H]1NC(=O)[C@H](CCCCN(CCCCOC(=O)CCCCCCC/C=C\C/C=C\CCCCC)CCCCOC(=O)CCCCCCC/C=C\C/C=C\CCCCC)NC1=O. The number of amides is 2. The highest BCUT2D eigenvalue weighted by molar-refractivity contribution is 5.96. The van der Waals surface area contributed by atoms with Gasteiger partial charge in [-0.25, -0.2) is 0 Å². The van der Waals surface area contributed by atoms with Crippen molar-refractivity contribution in [2.75, 3.05) is 65.7 Å². The van der Waals surface area contributed by atoms with Gasteiger partial charge in [0.15, 0.2) is 0 Å². The summed E-state index contributed by atoms with van der Waals surface area (Å²) in [4.78, 5) is 82.6. The molecule has 2 atom stereocenters. The summed E-state index contributed by atoms with van der Waals surface area (Å²) in [7, 11) is 0. The van der Waals surface area contributed by atoms with Crippen LogP contribution in [0.1, 0.15) is 426 Å². The monoisotopic (exact) mass is 1590 g/mol. The Hall–Kier alpha value is -5.34. The number of esters is 4. The predicted octanol–water partition coefficient (Wildman–Crippen LogP) is 26.5. The fraction of sp³-hybridized carbons (Fsp3) is 0.780. The Morgan fingerprint density at radius 1 is 0.246 bits per heavy atom. The molecule has 0 bridgehead atoms. The number of hydrogen-bond donors (Lipinski definition) is 2. The molecule has 0 aliphatic carbocycles. The molecule has 14 heteroatoms. The van der Waals surface area contributed by atoms with E-state index in [0.717, 1.165) is 245 Å². The van der Waals surface area contributed by atoms with Crippen LogP contribution in [0.5, 0.6) is 0 Å². The van der Waals surface area contributed by atoms with Crippen molar-refractivity contribution >= 4 is 35.7 Å². The van der Waals surface area contributed by atoms with E-state index in [4.69, 9.17) is 18.9 Å². The molecule has 0 saturated carbocycles. The highest BCUT2D eigenvalue weighted by atomic mass is 16.5. The maximum Gasteiger partial charge on any atom is 0.305 e. The lowest BCUT2D eigenvalue weighted by Crippen LogP contribution is -2.61. The first kappa shape index (κ1) is 107. The van der Waals surface area contributed by atoms with Crippen molar-refractivity contribution in [2.45, 2.75) is 438 Å². The Morgan fingerprint density at radius 2 is 0.439 bits per heavy atom. The molecule has 1 aliphatic rings. The minimum absolute atomic E-state index is 0.106. The van der Waals surface area contributed by atoms with Crippen LogP contribution in [0.4, 0.5) is 0 Å². The van der Waals surface area contributed by atoms with Gasteiger partial charge in [0.25, 0.3) is 0 Å². The van der Waals surface area contributed by atoms with Gasteiger partial charge in [0.05, 0.1) is 26.4 Å². The van der Waals surface area contributed by atoms with Crippen LogP contribution < -0.4 is 10.6 Å². The summed E-state index contributed by atoms with van der Waals surface area (Å²) < 4.78 is 22.7. The number of nitrogens with one attached hydrogen (secondary N) is 2. The van der Waals surface area contributed by atoms with Gasteiger partial charge in [-0.15, -0.1) is 0 Å². The molecule has 1 heterocycles. The third kappa shape index (κ3) is 76.6. The number of ether oxygens (including phenoxy) is 4. The van der Waals surface area contributed by atoms with Crippen LogP contribution in [0.3, 0.4) is 0 Å². The Balaban J connectivity index is 2.66. The minimum Gasteiger partial charge on any atom is -0.466 e. The number of piperazine rings is 1. The average molecular weight is 1590 g/mol. The van der Waals surface area contributed by atoms with Gasteiger partial charge in [0.1, 0.15) is 12.1 Å². The van der Waals surface area contributed by atoms with Crippen molar-refractivity contribution in [3.63, 3.8) is 0 Å². The first-order valence-electron chi connectivity index (χ1n) is 48.0. The summed E-state index contributed by atoms with van der Waals surface area (Å²) in [5.41, 5.74) is 0. The molecule has 0 aromatic heterocycles. The van der Waals surface area contributed by atoms with E-state index in [1.807, 2.05) is 0 Å². The van der Waals surface area contributed by atoms with Crippen molar-refractivity contribution in [3.05, 3.63) is 97.2 Å². The fourth-order valence-electron chi connectivity index (χ4n) is 14.2. The summed E-state index contributed by atoms with van der Waals surface area (Å²) >= 11 is 0. The topological polar surface area (TPSA) is 170 Å². The number of carbonyl (C=O) groups excluding carboxylic acids is 6. The fourth-order valence-corrected chi connectivity index (χ4v) is 14.2. The van der Waals surface area contributed by atoms with Crippen LogP contribution in [0.2, 0.25) is 0 Å². The van der Waals surface area contributed by atoms with Crippen molar-refractivity contribution in [1.29, 1.82) is 0 Å². The lowest BCUT2D eigenvalue weighted by atomic mass is 10.0. The van der Waals surface area contributed by atoms with Crippen LogP contribution >= 0.6 is 0 Å². The van der Waals surface area contributed by atoms with Crippen molar-refractivity contribution in [2.24, 2.45) is 0 Å². The highest BCUT2D eigenvalue weighted by Crippen LogP contribution is 2.18. The van der Waals surface area contributed by atoms with Gasteiger partial charge in [-0.2, -0.15) is 0 Å². The quantitative estimate of drug-likeness (QED) is 0.0256. The highest BCUT2D eigenvalue weighted by Gasteiger charge is 2.33. The second-order valence-electron chi connectivity index (χ2n) is 32.4. The number of hydrogen-bond acceptors (Lipinski definition) is 12. The lowest BCUT2D eigenvalue weighted by Gasteiger charge is -2.30. The van der Waals surface area contributed by atoms with Crippen LogP contribution in [0.15, 0.2) is 97.2 Å². The van der Waals surface area contributed by atoms with E-state index in [1.165, 1.54) is 154 Å². The van der Waals surface area contributed by atoms with Gasteiger partial charge in [0.2, 0.25) is 11.8 Å². The summed E-state index contributed by atoms with van der Waals surface area (Å²) in [5, 5.41) is 6.13. The smallest absolute Gasteiger partial charge is 0.305 e. The zero-order valence-corrected chi connectivity index (χ0v) is 74.3. The Kier molecular flexibility index (Phi) is 81.4. The van der Waals surface area contributed by atoms with Gasteiger partial charge in [0, 0.05) is 25.7 Å². The summed E-state index contributed by atoms with van der Waals surface area (Å²) in [5.74, 6) is -0.661. The molecule has 2 amide bonds. The van der Waals surface area contributed by atoms with Gasteiger partial charge >= 0.3 is 23.9 Å². The third-order valence-electron chi connectivity index (χ3n) is 21.6. The number of unbranched alkanes of at least 4 members (excludes halogenated alkanes) is 38. The average Bonchev–Trinajstić information content (AvgIpc) is 0.846. The standard InChI is InChI=1S/C100H176N4O10/c1-5-9-13-17-21-25-29-33-37-41-45-49-53-57-61-79-95(105)111-89-73-69-85-103(86-70-74-90-112-96(106)80-62-58-54-50-46-42-38-34-30-26-22-18-14-10-6-2)83-67-65-77-93-99(109)102-94(100(110)101-93)78-66-68-84-104(87-71-75-91-113-97(107)81-63-59-55-51-47-43-39-35-31-27-23-19-15-11-7-3)88-72-76-92-114-98(108)82-64-60-56-52-48-44-40-36-32-28-24-20-16-12-8-4/h21-28,33-40,93-94H,5-20,29-32,41-92H2,1-4H3,(H,101,110)(H,102,109)/b25-21-,26-22-,27-23-,28-24-,37-33-,38-34-,39-35-,40-36-/t93-,94-/m0/s1. The normalized spacial score (nSPS) is 14.2. The van der Waals surface area contributed by atoms with Crippen molar-refractivity contribution in [3.8, 4) is 0 Å². The lowest BCUT2D eigenvalue weighted by molar-refractivity contribution is -0.144. The number of allylic oxidation sites excluding steroid dienone is 16. The number of rotatable bonds is 86. The molecule has 2 N–H and O–H groups in total. The molecule has 1 fully saturated rings. The van der Waals surface area contributed by atoms with E-state index in [1.54, 1.807) is 0 Å². The molecule has 14 nitrogen and oxygen atoms in total. The van der Waals surface area contributed by atoms with Gasteiger partial charge in [-0.1, -0.05) is 253 Å². The van der Waals surface area contributed by atoms with Crippen LogP contribution in [-0.2, 0) is 47.7 Å². The second-order valence-corrected chi connectivity index (χ2v) is 32.4. The number of carbonyl (C=O) groups is 6. The Labute approximate surface area is 700 Å². The Morgan fingerprint density at radius 3 is 0.658 bits per heavy atom. The largest absolute Gasteiger partial charge is 0.466 e. The van der Waals surface area contributed by atoms with E-state index < -0.39 is 12.1 Å². The molecule has 1 rings (SSSR count). The maximum absolute atomic E-state index is 13.6. The van der Waals surface area contributed by atoms with Gasteiger partial charge < -0.3 is 39.4 Å².